The number of nitrogens with zero attached hydrogens (tertiary/aromatic N) is 3. The molecule has 0 radical (unpaired) electrons. The molecule has 2 atom stereocenters. The number of urea groups is 1. The van der Waals surface area contributed by atoms with E-state index in [4.69, 9.17) is 10.1 Å². The lowest BCUT2D eigenvalue weighted by Gasteiger charge is -2.28. The molecule has 18 heavy (non-hydrogen) atoms. The maximum Gasteiger partial charge on any atom is 0.346 e. The topological polar surface area (TPSA) is 56.6 Å². The molecule has 2 aliphatic rings. The predicted molar refractivity (Wildman–Crippen MR) is 66.2 cm³/mol. The highest BCUT2D eigenvalue weighted by molar-refractivity contribution is 5.79. The van der Waals surface area contributed by atoms with Gasteiger partial charge >= 0.3 is 6.03 Å². The van der Waals surface area contributed by atoms with E-state index < -0.39 is 6.04 Å². The van der Waals surface area contributed by atoms with Gasteiger partial charge in [0, 0.05) is 0 Å². The van der Waals surface area contributed by atoms with Crippen molar-refractivity contribution in [3.63, 3.8) is 0 Å². The molecule has 2 rings (SSSR count). The smallest absolute Gasteiger partial charge is 0.301 e. The van der Waals surface area contributed by atoms with Crippen LogP contribution in [0.2, 0.25) is 0 Å². The van der Waals surface area contributed by atoms with Crippen LogP contribution in [0.1, 0.15) is 13.8 Å². The van der Waals surface area contributed by atoms with Gasteiger partial charge in [-0.25, -0.2) is 4.79 Å². The minimum atomic E-state index is -0.483. The minimum absolute atomic E-state index is 0.0814. The summed E-state index contributed by atoms with van der Waals surface area (Å²) < 4.78 is 0. The van der Waals surface area contributed by atoms with Crippen LogP contribution in [-0.4, -0.2) is 41.2 Å². The van der Waals surface area contributed by atoms with E-state index in [0.717, 1.165) is 5.57 Å². The van der Waals surface area contributed by atoms with Gasteiger partial charge in [0.1, 0.15) is 12.1 Å². The molecule has 0 aromatic rings. The summed E-state index contributed by atoms with van der Waals surface area (Å²) in [5.41, 5.74) is 1.09. The van der Waals surface area contributed by atoms with Crippen molar-refractivity contribution in [1.29, 1.82) is 5.26 Å². The second-order valence-electron chi connectivity index (χ2n) is 4.76. The summed E-state index contributed by atoms with van der Waals surface area (Å²) in [6.07, 6.45) is 3.49. The number of amides is 2. The molecule has 0 aromatic heterocycles. The lowest BCUT2D eigenvalue weighted by atomic mass is 9.91. The molecular weight excluding hydrogens is 230 g/mol. The largest absolute Gasteiger partial charge is 0.346 e. The fraction of sp³-hybridized carbons (Fsp3) is 0.538. The van der Waals surface area contributed by atoms with Crippen molar-refractivity contribution in [1.82, 2.24) is 9.96 Å². The van der Waals surface area contributed by atoms with E-state index in [2.05, 4.69) is 26.5 Å². The van der Waals surface area contributed by atoms with Crippen molar-refractivity contribution in [2.75, 3.05) is 13.2 Å². The molecule has 96 valence electrons. The quantitative estimate of drug-likeness (QED) is 0.710. The van der Waals surface area contributed by atoms with Gasteiger partial charge in [0.05, 0.1) is 19.2 Å². The van der Waals surface area contributed by atoms with E-state index in [1.165, 1.54) is 5.06 Å². The van der Waals surface area contributed by atoms with Crippen LogP contribution in [0.5, 0.6) is 0 Å². The molecule has 2 bridgehead atoms. The molecular formula is C13H17N3O2. The van der Waals surface area contributed by atoms with Crippen LogP contribution in [-0.2, 0) is 4.84 Å². The van der Waals surface area contributed by atoms with Gasteiger partial charge in [0.15, 0.2) is 0 Å². The van der Waals surface area contributed by atoms with Gasteiger partial charge in [-0.15, -0.1) is 6.58 Å². The van der Waals surface area contributed by atoms with Crippen LogP contribution < -0.4 is 0 Å². The Kier molecular flexibility index (Phi) is 3.39. The number of rotatable bonds is 4. The van der Waals surface area contributed by atoms with Crippen molar-refractivity contribution >= 4 is 6.03 Å². The average Bonchev–Trinajstić information content (AvgIpc) is 2.62. The number of carbonyl (C=O) groups excluding carboxylic acids is 1. The van der Waals surface area contributed by atoms with Gasteiger partial charge in [-0.2, -0.15) is 10.3 Å². The number of nitriles is 1. The molecule has 5 nitrogen and oxygen atoms in total. The first-order chi connectivity index (χ1) is 8.60. The summed E-state index contributed by atoms with van der Waals surface area (Å²) in [7, 11) is 0. The van der Waals surface area contributed by atoms with E-state index in [9.17, 15) is 4.79 Å². The van der Waals surface area contributed by atoms with E-state index in [1.807, 2.05) is 6.08 Å². The fourth-order valence-corrected chi connectivity index (χ4v) is 2.42. The van der Waals surface area contributed by atoms with Crippen LogP contribution in [0.15, 0.2) is 24.3 Å². The molecule has 0 N–H and O–H groups in total. The average molecular weight is 247 g/mol. The highest BCUT2D eigenvalue weighted by Crippen LogP contribution is 2.33. The maximum absolute atomic E-state index is 12.1. The Labute approximate surface area is 107 Å². The molecule has 1 unspecified atom stereocenters. The highest BCUT2D eigenvalue weighted by atomic mass is 16.7. The van der Waals surface area contributed by atoms with Crippen molar-refractivity contribution in [3.8, 4) is 6.07 Å². The molecule has 0 saturated carbocycles. The molecule has 0 spiro atoms. The zero-order chi connectivity index (χ0) is 13.3. The summed E-state index contributed by atoms with van der Waals surface area (Å²) in [5, 5.41) is 10.5. The minimum Gasteiger partial charge on any atom is -0.301 e. The Morgan fingerprint density at radius 3 is 3.00 bits per heavy atom. The number of hydrogen-bond donors (Lipinski definition) is 0. The zero-order valence-electron chi connectivity index (χ0n) is 10.7. The fourth-order valence-electron chi connectivity index (χ4n) is 2.42. The van der Waals surface area contributed by atoms with Gasteiger partial charge in [0.2, 0.25) is 0 Å². The monoisotopic (exact) mass is 247 g/mol. The number of hydrogen-bond acceptors (Lipinski definition) is 3. The van der Waals surface area contributed by atoms with Gasteiger partial charge in [-0.05, 0) is 17.6 Å². The Morgan fingerprint density at radius 1 is 1.72 bits per heavy atom. The first-order valence-electron chi connectivity index (χ1n) is 6.05. The third-order valence-corrected chi connectivity index (χ3v) is 3.29. The summed E-state index contributed by atoms with van der Waals surface area (Å²) in [6, 6.07) is 1.35. The van der Waals surface area contributed by atoms with E-state index in [1.54, 1.807) is 11.0 Å². The number of carbonyl (C=O) groups is 1. The molecule has 0 aliphatic carbocycles. The van der Waals surface area contributed by atoms with Crippen molar-refractivity contribution in [3.05, 3.63) is 24.3 Å². The van der Waals surface area contributed by atoms with Crippen molar-refractivity contribution < 1.29 is 9.63 Å². The maximum atomic E-state index is 12.1. The van der Waals surface area contributed by atoms with Gasteiger partial charge in [-0.1, -0.05) is 19.9 Å². The SMILES string of the molecule is C=CCON1C(=O)N2C[C@@H]1C(C(C)C)=CC2C#N. The molecule has 5 heteroatoms. The summed E-state index contributed by atoms with van der Waals surface area (Å²) in [4.78, 5) is 19.1. The van der Waals surface area contributed by atoms with Crippen molar-refractivity contribution in [2.45, 2.75) is 25.9 Å². The van der Waals surface area contributed by atoms with Crippen LogP contribution in [0.3, 0.4) is 0 Å². The van der Waals surface area contributed by atoms with Gasteiger partial charge < -0.3 is 4.90 Å². The Balaban J connectivity index is 2.30. The van der Waals surface area contributed by atoms with Gasteiger partial charge in [-0.3, -0.25) is 4.84 Å². The Morgan fingerprint density at radius 2 is 2.44 bits per heavy atom. The predicted octanol–water partition coefficient (Wildman–Crippen LogP) is 1.70. The van der Waals surface area contributed by atoms with Crippen LogP contribution in [0.4, 0.5) is 4.79 Å². The van der Waals surface area contributed by atoms with E-state index in [0.29, 0.717) is 13.2 Å². The van der Waals surface area contributed by atoms with Crippen molar-refractivity contribution in [2.24, 2.45) is 5.92 Å². The second kappa shape index (κ2) is 4.83. The molecule has 2 heterocycles. The molecule has 2 amide bonds. The van der Waals surface area contributed by atoms with Crippen LogP contribution >= 0.6 is 0 Å². The molecule has 1 saturated heterocycles. The lowest BCUT2D eigenvalue weighted by Crippen LogP contribution is -2.38. The molecule has 0 aromatic carbocycles. The Hall–Kier alpha value is -1.80. The summed E-state index contributed by atoms with van der Waals surface area (Å²) in [6.45, 7) is 8.51. The Bertz CT molecular complexity index is 436. The number of hydroxylamine groups is 2. The van der Waals surface area contributed by atoms with E-state index >= 15 is 0 Å². The van der Waals surface area contributed by atoms with E-state index in [-0.39, 0.29) is 18.0 Å². The highest BCUT2D eigenvalue weighted by Gasteiger charge is 2.47. The first kappa shape index (κ1) is 12.7. The zero-order valence-corrected chi connectivity index (χ0v) is 10.7. The third-order valence-electron chi connectivity index (χ3n) is 3.29. The lowest BCUT2D eigenvalue weighted by molar-refractivity contribution is -0.111. The number of fused-ring (bicyclic) bond motifs is 2. The molecule has 1 fully saturated rings. The second-order valence-corrected chi connectivity index (χ2v) is 4.76. The summed E-state index contributed by atoms with van der Waals surface area (Å²) >= 11 is 0. The molecule has 2 aliphatic heterocycles. The standard InChI is InChI=1S/C13H17N3O2/c1-4-5-18-16-12-8-15(13(16)17)10(7-14)6-11(12)9(2)3/h4,6,9-10,12H,1,5,8H2,2-3H3/t10?,12-/m1/s1. The van der Waals surface area contributed by atoms with Crippen LogP contribution in [0, 0.1) is 17.2 Å². The van der Waals surface area contributed by atoms with Gasteiger partial charge in [0.25, 0.3) is 0 Å². The van der Waals surface area contributed by atoms with Crippen LogP contribution in [0.25, 0.3) is 0 Å². The third kappa shape index (κ3) is 1.89. The normalized spacial score (nSPS) is 26.3. The summed E-state index contributed by atoms with van der Waals surface area (Å²) in [5.74, 6) is 0.286. The first-order valence-corrected chi connectivity index (χ1v) is 6.05.